The number of unbranched alkanes of at least 4 members (excludes halogenated alkanes) is 2. The van der Waals surface area contributed by atoms with Crippen LogP contribution in [0.15, 0.2) is 18.2 Å². The van der Waals surface area contributed by atoms with Crippen molar-refractivity contribution >= 4 is 24.0 Å². The number of alkyl halides is 1. The van der Waals surface area contributed by atoms with Gasteiger partial charge in [0.2, 0.25) is 5.91 Å². The topological polar surface area (TPSA) is 32.3 Å². The van der Waals surface area contributed by atoms with Crippen LogP contribution in [0.3, 0.4) is 0 Å². The number of anilines is 1. The van der Waals surface area contributed by atoms with Gasteiger partial charge in [-0.1, -0.05) is 24.6 Å². The number of rotatable bonds is 7. The van der Waals surface area contributed by atoms with E-state index in [-0.39, 0.29) is 31.0 Å². The number of carbonyl (C=O) groups is 1. The molecule has 136 valence electrons. The summed E-state index contributed by atoms with van der Waals surface area (Å²) in [6.07, 6.45) is 5.67. The van der Waals surface area contributed by atoms with Gasteiger partial charge in [0.15, 0.2) is 0 Å². The van der Waals surface area contributed by atoms with E-state index in [9.17, 15) is 9.18 Å². The molecule has 0 saturated carbocycles. The Kier molecular flexibility index (Phi) is 9.30. The summed E-state index contributed by atoms with van der Waals surface area (Å²) in [7, 11) is 0. The Morgan fingerprint density at radius 2 is 1.92 bits per heavy atom. The monoisotopic (exact) mass is 356 g/mol. The first kappa shape index (κ1) is 20.9. The number of hydrogen-bond acceptors (Lipinski definition) is 2. The van der Waals surface area contributed by atoms with E-state index in [2.05, 4.69) is 10.2 Å². The van der Waals surface area contributed by atoms with Gasteiger partial charge in [0.1, 0.15) is 0 Å². The molecular formula is C19H30ClFN2O. The van der Waals surface area contributed by atoms with Crippen LogP contribution in [-0.4, -0.2) is 36.6 Å². The fourth-order valence-electron chi connectivity index (χ4n) is 3.36. The highest BCUT2D eigenvalue weighted by Gasteiger charge is 2.28. The van der Waals surface area contributed by atoms with Gasteiger partial charge in [-0.05, 0) is 70.2 Å². The standard InChI is InChI=1S/C19H29FN2O.ClH/c1-15-9-8-10-16(2)18(15)21-19(23)17-11-4-7-14-22(17)13-6-3-5-12-20;/h8-10,17H,3-7,11-14H2,1-2H3,(H,21,23);1H. The number of piperidine rings is 1. The van der Waals surface area contributed by atoms with E-state index in [4.69, 9.17) is 0 Å². The van der Waals surface area contributed by atoms with Crippen LogP contribution < -0.4 is 5.32 Å². The summed E-state index contributed by atoms with van der Waals surface area (Å²) >= 11 is 0. The van der Waals surface area contributed by atoms with Gasteiger partial charge in [-0.3, -0.25) is 14.1 Å². The van der Waals surface area contributed by atoms with Gasteiger partial charge in [0.05, 0.1) is 12.7 Å². The quantitative estimate of drug-likeness (QED) is 0.721. The second kappa shape index (κ2) is 10.7. The highest BCUT2D eigenvalue weighted by molar-refractivity contribution is 5.96. The number of halogens is 2. The number of benzene rings is 1. The van der Waals surface area contributed by atoms with E-state index in [1.54, 1.807) is 0 Å². The molecular weight excluding hydrogens is 327 g/mol. The average molecular weight is 357 g/mol. The maximum absolute atomic E-state index is 12.8. The van der Waals surface area contributed by atoms with Crippen molar-refractivity contribution in [3.05, 3.63) is 29.3 Å². The van der Waals surface area contributed by atoms with Gasteiger partial charge in [-0.25, -0.2) is 0 Å². The molecule has 0 bridgehead atoms. The minimum Gasteiger partial charge on any atom is -0.324 e. The summed E-state index contributed by atoms with van der Waals surface area (Å²) in [6.45, 7) is 5.68. The predicted octanol–water partition coefficient (Wildman–Crippen LogP) is 4.66. The van der Waals surface area contributed by atoms with Gasteiger partial charge in [0.25, 0.3) is 0 Å². The Hall–Kier alpha value is -1.13. The van der Waals surface area contributed by atoms with Gasteiger partial charge < -0.3 is 5.32 Å². The number of nitrogens with one attached hydrogen (secondary N) is 1. The number of amides is 1. The number of likely N-dealkylation sites (tertiary alicyclic amines) is 1. The summed E-state index contributed by atoms with van der Waals surface area (Å²) in [5.74, 6) is 0.104. The van der Waals surface area contributed by atoms with E-state index in [0.29, 0.717) is 6.42 Å². The normalized spacial score (nSPS) is 18.0. The molecule has 0 radical (unpaired) electrons. The van der Waals surface area contributed by atoms with Crippen LogP contribution in [0.2, 0.25) is 0 Å². The lowest BCUT2D eigenvalue weighted by molar-refractivity contribution is -0.122. The van der Waals surface area contributed by atoms with Crippen molar-refractivity contribution in [3.8, 4) is 0 Å². The first-order valence-electron chi connectivity index (χ1n) is 8.80. The molecule has 0 aliphatic carbocycles. The lowest BCUT2D eigenvalue weighted by atomic mass is 10.00. The van der Waals surface area contributed by atoms with Crippen LogP contribution >= 0.6 is 12.4 Å². The molecule has 1 N–H and O–H groups in total. The van der Waals surface area contributed by atoms with Gasteiger partial charge in [-0.15, -0.1) is 12.4 Å². The van der Waals surface area contributed by atoms with E-state index in [1.807, 2.05) is 32.0 Å². The van der Waals surface area contributed by atoms with E-state index >= 15 is 0 Å². The van der Waals surface area contributed by atoms with Crippen molar-refractivity contribution in [2.45, 2.75) is 58.4 Å². The third-order valence-corrected chi connectivity index (χ3v) is 4.72. The zero-order chi connectivity index (χ0) is 16.7. The molecule has 1 aromatic rings. The van der Waals surface area contributed by atoms with Crippen molar-refractivity contribution in [2.24, 2.45) is 0 Å². The maximum atomic E-state index is 12.8. The summed E-state index contributed by atoms with van der Waals surface area (Å²) in [6, 6.07) is 6.02. The number of aryl methyl sites for hydroxylation is 2. The third-order valence-electron chi connectivity index (χ3n) is 4.72. The molecule has 1 saturated heterocycles. The van der Waals surface area contributed by atoms with E-state index < -0.39 is 0 Å². The zero-order valence-electron chi connectivity index (χ0n) is 14.8. The third kappa shape index (κ3) is 5.75. The minimum absolute atomic E-state index is 0. The fraction of sp³-hybridized carbons (Fsp3) is 0.632. The van der Waals surface area contributed by atoms with Crippen LogP contribution in [0.1, 0.15) is 49.7 Å². The molecule has 1 aromatic carbocycles. The SMILES string of the molecule is Cc1cccc(C)c1NC(=O)C1CCCCN1CCCCCF.Cl. The molecule has 2 rings (SSSR count). The molecule has 1 atom stereocenters. The average Bonchev–Trinajstić information content (AvgIpc) is 2.55. The lowest BCUT2D eigenvalue weighted by Gasteiger charge is -2.34. The van der Waals surface area contributed by atoms with Crippen LogP contribution in [0, 0.1) is 13.8 Å². The highest BCUT2D eigenvalue weighted by atomic mass is 35.5. The maximum Gasteiger partial charge on any atom is 0.241 e. The number of nitrogens with zero attached hydrogens (tertiary/aromatic N) is 1. The predicted molar refractivity (Wildman–Crippen MR) is 101 cm³/mol. The Labute approximate surface area is 151 Å². The Morgan fingerprint density at radius 1 is 1.21 bits per heavy atom. The second-order valence-corrected chi connectivity index (χ2v) is 6.55. The molecule has 1 heterocycles. The summed E-state index contributed by atoms with van der Waals surface area (Å²) in [5.41, 5.74) is 3.15. The van der Waals surface area contributed by atoms with Crippen molar-refractivity contribution < 1.29 is 9.18 Å². The smallest absolute Gasteiger partial charge is 0.241 e. The highest BCUT2D eigenvalue weighted by Crippen LogP contribution is 2.23. The number of hydrogen-bond donors (Lipinski definition) is 1. The molecule has 1 unspecified atom stereocenters. The number of para-hydroxylation sites is 1. The Balaban J connectivity index is 0.00000288. The Morgan fingerprint density at radius 3 is 2.58 bits per heavy atom. The van der Waals surface area contributed by atoms with Gasteiger partial charge in [-0.2, -0.15) is 0 Å². The van der Waals surface area contributed by atoms with Crippen LogP contribution in [0.25, 0.3) is 0 Å². The molecule has 5 heteroatoms. The molecule has 1 aliphatic heterocycles. The van der Waals surface area contributed by atoms with Crippen molar-refractivity contribution in [3.63, 3.8) is 0 Å². The molecule has 1 fully saturated rings. The molecule has 0 spiro atoms. The van der Waals surface area contributed by atoms with Crippen LogP contribution in [0.5, 0.6) is 0 Å². The van der Waals surface area contributed by atoms with Crippen molar-refractivity contribution in [1.82, 2.24) is 4.90 Å². The van der Waals surface area contributed by atoms with Crippen LogP contribution in [0.4, 0.5) is 10.1 Å². The number of carbonyl (C=O) groups excluding carboxylic acids is 1. The van der Waals surface area contributed by atoms with E-state index in [0.717, 1.165) is 62.0 Å². The largest absolute Gasteiger partial charge is 0.324 e. The van der Waals surface area contributed by atoms with Crippen molar-refractivity contribution in [1.29, 1.82) is 0 Å². The van der Waals surface area contributed by atoms with Crippen molar-refractivity contribution in [2.75, 3.05) is 25.1 Å². The summed E-state index contributed by atoms with van der Waals surface area (Å²) in [4.78, 5) is 15.0. The van der Waals surface area contributed by atoms with Gasteiger partial charge >= 0.3 is 0 Å². The zero-order valence-corrected chi connectivity index (χ0v) is 15.6. The molecule has 1 amide bonds. The summed E-state index contributed by atoms with van der Waals surface area (Å²) < 4.78 is 12.2. The molecule has 3 nitrogen and oxygen atoms in total. The molecule has 1 aliphatic rings. The fourth-order valence-corrected chi connectivity index (χ4v) is 3.36. The molecule has 0 aromatic heterocycles. The Bertz CT molecular complexity index is 504. The first-order valence-corrected chi connectivity index (χ1v) is 8.80. The molecule has 24 heavy (non-hydrogen) atoms. The second-order valence-electron chi connectivity index (χ2n) is 6.55. The van der Waals surface area contributed by atoms with Gasteiger partial charge in [0, 0.05) is 5.69 Å². The first-order chi connectivity index (χ1) is 11.1. The lowest BCUT2D eigenvalue weighted by Crippen LogP contribution is -2.47. The van der Waals surface area contributed by atoms with Crippen LogP contribution in [-0.2, 0) is 4.79 Å². The summed E-state index contributed by atoms with van der Waals surface area (Å²) in [5, 5.41) is 3.14. The minimum atomic E-state index is -0.240. The van der Waals surface area contributed by atoms with E-state index in [1.165, 1.54) is 0 Å².